The summed E-state index contributed by atoms with van der Waals surface area (Å²) in [7, 11) is 0. The largest absolute Gasteiger partial charge is 0.483 e. The quantitative estimate of drug-likeness (QED) is 0.595. The maximum atomic E-state index is 12.9. The van der Waals surface area contributed by atoms with Crippen molar-refractivity contribution < 1.29 is 19.1 Å². The number of hydrogen-bond donors (Lipinski definition) is 1. The number of ether oxygens (including phenoxy) is 2. The molecule has 2 aromatic carbocycles. The van der Waals surface area contributed by atoms with E-state index in [2.05, 4.69) is 10.3 Å². The molecule has 0 aliphatic carbocycles. The highest BCUT2D eigenvalue weighted by atomic mass is 32.2. The Kier molecular flexibility index (Phi) is 6.84. The number of nitrogens with one attached hydrogen (secondary N) is 1. The fourth-order valence-electron chi connectivity index (χ4n) is 3.69. The molecule has 33 heavy (non-hydrogen) atoms. The summed E-state index contributed by atoms with van der Waals surface area (Å²) in [6.07, 6.45) is 1.89. The lowest BCUT2D eigenvalue weighted by molar-refractivity contribution is -0.139. The lowest BCUT2D eigenvalue weighted by atomic mass is 9.94. The van der Waals surface area contributed by atoms with Crippen molar-refractivity contribution in [2.45, 2.75) is 26.8 Å². The number of aryl methyl sites for hydroxylation is 1. The van der Waals surface area contributed by atoms with E-state index >= 15 is 0 Å². The van der Waals surface area contributed by atoms with Gasteiger partial charge in [-0.05, 0) is 44.4 Å². The molecule has 8 heteroatoms. The fraction of sp³-hybridized carbons (Fsp3) is 0.240. The van der Waals surface area contributed by atoms with Crippen LogP contribution in [0.2, 0.25) is 0 Å². The molecule has 1 N–H and O–H groups in total. The summed E-state index contributed by atoms with van der Waals surface area (Å²) in [6, 6.07) is 14.5. The van der Waals surface area contributed by atoms with Crippen LogP contribution in [0.5, 0.6) is 5.75 Å². The van der Waals surface area contributed by atoms with Crippen LogP contribution in [0, 0.1) is 6.92 Å². The first-order valence-corrected chi connectivity index (χ1v) is 11.5. The minimum atomic E-state index is -0.473. The number of fused-ring (bicyclic) bond motifs is 1. The summed E-state index contributed by atoms with van der Waals surface area (Å²) >= 11 is 1.49. The molecular formula is C25H25N3O4S. The molecule has 2 aliphatic heterocycles. The number of nitrogens with zero attached hydrogens (tertiary/aromatic N) is 2. The van der Waals surface area contributed by atoms with Crippen LogP contribution in [0.1, 0.15) is 31.0 Å². The molecule has 2 aromatic rings. The standard InChI is InChI=1S/C25H25N3O4S/c1-4-31-24(30)22-17(3)26-25-28(13-14-33-25)23(22)19-7-5-6-8-20(19)32-15-21(29)27-18-11-9-16(2)10-12-18/h5-14,23H,4,15H2,1-3H3,(H,27,29)/t23-/m1/s1. The summed E-state index contributed by atoms with van der Waals surface area (Å²) in [6.45, 7) is 5.67. The number of anilines is 1. The first kappa shape index (κ1) is 22.7. The van der Waals surface area contributed by atoms with Gasteiger partial charge in [-0.3, -0.25) is 4.79 Å². The Bertz CT molecular complexity index is 1150. The first-order chi connectivity index (χ1) is 16.0. The van der Waals surface area contributed by atoms with Gasteiger partial charge >= 0.3 is 5.97 Å². The maximum Gasteiger partial charge on any atom is 0.338 e. The molecule has 170 valence electrons. The molecule has 1 atom stereocenters. The van der Waals surface area contributed by atoms with Gasteiger partial charge in [0.05, 0.1) is 23.9 Å². The first-order valence-electron chi connectivity index (χ1n) is 10.6. The smallest absolute Gasteiger partial charge is 0.338 e. The Balaban J connectivity index is 1.59. The molecule has 0 aromatic heterocycles. The number of esters is 1. The van der Waals surface area contributed by atoms with E-state index in [1.54, 1.807) is 19.9 Å². The molecule has 7 nitrogen and oxygen atoms in total. The number of carbonyl (C=O) groups is 2. The fourth-order valence-corrected chi connectivity index (χ4v) is 4.48. The van der Waals surface area contributed by atoms with Crippen LogP contribution in [0.25, 0.3) is 0 Å². The second-order valence-corrected chi connectivity index (χ2v) is 8.44. The molecule has 0 bridgehead atoms. The molecule has 0 saturated heterocycles. The van der Waals surface area contributed by atoms with E-state index in [0.717, 1.165) is 16.3 Å². The second-order valence-electron chi connectivity index (χ2n) is 7.57. The SMILES string of the molecule is CCOC(=O)C1=C(C)N=C2SC=CN2[C@@H]1c1ccccc1OCC(=O)Nc1ccc(C)cc1. The number of thioether (sulfide) groups is 1. The van der Waals surface area contributed by atoms with Crippen LogP contribution in [0.15, 0.2) is 76.4 Å². The molecule has 1 amide bonds. The van der Waals surface area contributed by atoms with Gasteiger partial charge in [0.15, 0.2) is 11.8 Å². The number of para-hydroxylation sites is 1. The Morgan fingerprint density at radius 2 is 1.88 bits per heavy atom. The van der Waals surface area contributed by atoms with E-state index < -0.39 is 12.0 Å². The van der Waals surface area contributed by atoms with E-state index in [9.17, 15) is 9.59 Å². The minimum absolute atomic E-state index is 0.166. The molecule has 0 saturated carbocycles. The average Bonchev–Trinajstić information content (AvgIpc) is 3.27. The van der Waals surface area contributed by atoms with Crippen molar-refractivity contribution in [1.29, 1.82) is 0 Å². The predicted octanol–water partition coefficient (Wildman–Crippen LogP) is 4.78. The predicted molar refractivity (Wildman–Crippen MR) is 130 cm³/mol. The van der Waals surface area contributed by atoms with E-state index in [1.165, 1.54) is 11.8 Å². The number of rotatable bonds is 7. The van der Waals surface area contributed by atoms with Gasteiger partial charge < -0.3 is 19.7 Å². The summed E-state index contributed by atoms with van der Waals surface area (Å²) < 4.78 is 11.3. The van der Waals surface area contributed by atoms with E-state index in [1.807, 2.05) is 65.9 Å². The van der Waals surface area contributed by atoms with Gasteiger partial charge in [-0.15, -0.1) is 0 Å². The summed E-state index contributed by atoms with van der Waals surface area (Å²) in [4.78, 5) is 31.9. The van der Waals surface area contributed by atoms with Crippen molar-refractivity contribution in [2.24, 2.45) is 4.99 Å². The number of aliphatic imine (C=N–C) groups is 1. The highest BCUT2D eigenvalue weighted by Gasteiger charge is 2.38. The number of hydrogen-bond acceptors (Lipinski definition) is 7. The molecule has 2 heterocycles. The third kappa shape index (κ3) is 4.96. The van der Waals surface area contributed by atoms with Crippen molar-refractivity contribution in [3.8, 4) is 5.75 Å². The lowest BCUT2D eigenvalue weighted by Crippen LogP contribution is -2.34. The highest BCUT2D eigenvalue weighted by molar-refractivity contribution is 8.16. The van der Waals surface area contributed by atoms with Gasteiger partial charge in [-0.25, -0.2) is 9.79 Å². The number of amides is 1. The monoisotopic (exact) mass is 463 g/mol. The Morgan fingerprint density at radius 1 is 1.12 bits per heavy atom. The number of amidine groups is 1. The van der Waals surface area contributed by atoms with Gasteiger partial charge in [0, 0.05) is 17.5 Å². The number of carbonyl (C=O) groups excluding carboxylic acids is 2. The third-order valence-corrected chi connectivity index (χ3v) is 5.99. The zero-order valence-corrected chi connectivity index (χ0v) is 19.5. The molecular weight excluding hydrogens is 438 g/mol. The molecule has 2 aliphatic rings. The van der Waals surface area contributed by atoms with E-state index in [-0.39, 0.29) is 19.1 Å². The van der Waals surface area contributed by atoms with Crippen LogP contribution in [0.3, 0.4) is 0 Å². The van der Waals surface area contributed by atoms with Crippen molar-refractivity contribution in [3.05, 3.63) is 82.5 Å². The molecule has 4 rings (SSSR count). The van der Waals surface area contributed by atoms with Crippen molar-refractivity contribution in [1.82, 2.24) is 4.90 Å². The Labute approximate surface area is 197 Å². The Morgan fingerprint density at radius 3 is 2.64 bits per heavy atom. The van der Waals surface area contributed by atoms with Gasteiger partial charge in [0.1, 0.15) is 5.75 Å². The topological polar surface area (TPSA) is 80.2 Å². The lowest BCUT2D eigenvalue weighted by Gasteiger charge is -2.34. The van der Waals surface area contributed by atoms with E-state index in [0.29, 0.717) is 22.7 Å². The van der Waals surface area contributed by atoms with Crippen LogP contribution in [-0.2, 0) is 14.3 Å². The highest BCUT2D eigenvalue weighted by Crippen LogP contribution is 2.43. The normalized spacial score (nSPS) is 16.9. The summed E-state index contributed by atoms with van der Waals surface area (Å²) in [5.74, 6) is -0.170. The van der Waals surface area contributed by atoms with Gasteiger partial charge in [0.2, 0.25) is 0 Å². The summed E-state index contributed by atoms with van der Waals surface area (Å²) in [5, 5.41) is 5.53. The summed E-state index contributed by atoms with van der Waals surface area (Å²) in [5.41, 5.74) is 3.63. The van der Waals surface area contributed by atoms with Crippen molar-refractivity contribution in [3.63, 3.8) is 0 Å². The van der Waals surface area contributed by atoms with Crippen LogP contribution in [-0.4, -0.2) is 35.2 Å². The van der Waals surface area contributed by atoms with E-state index in [4.69, 9.17) is 9.47 Å². The molecule has 0 fully saturated rings. The zero-order valence-electron chi connectivity index (χ0n) is 18.7. The van der Waals surface area contributed by atoms with Crippen LogP contribution >= 0.6 is 11.8 Å². The van der Waals surface area contributed by atoms with Crippen molar-refractivity contribution in [2.75, 3.05) is 18.5 Å². The van der Waals surface area contributed by atoms with Gasteiger partial charge in [-0.2, -0.15) is 0 Å². The zero-order chi connectivity index (χ0) is 23.4. The third-order valence-electron chi connectivity index (χ3n) is 5.22. The number of allylic oxidation sites excluding steroid dienone is 1. The molecule has 0 radical (unpaired) electrons. The van der Waals surface area contributed by atoms with Crippen LogP contribution < -0.4 is 10.1 Å². The molecule has 0 spiro atoms. The van der Waals surface area contributed by atoms with Crippen molar-refractivity contribution >= 4 is 34.5 Å². The van der Waals surface area contributed by atoms with Crippen LogP contribution in [0.4, 0.5) is 5.69 Å². The van der Waals surface area contributed by atoms with Gasteiger partial charge in [-0.1, -0.05) is 47.7 Å². The molecule has 0 unspecified atom stereocenters. The Hall–Kier alpha value is -3.52. The maximum absolute atomic E-state index is 12.9. The van der Waals surface area contributed by atoms with Gasteiger partial charge in [0.25, 0.3) is 5.91 Å². The second kappa shape index (κ2) is 9.95. The average molecular weight is 464 g/mol. The number of benzene rings is 2. The minimum Gasteiger partial charge on any atom is -0.483 e.